The van der Waals surface area contributed by atoms with E-state index in [0.29, 0.717) is 0 Å². The summed E-state index contributed by atoms with van der Waals surface area (Å²) in [6.07, 6.45) is 3.55. The van der Waals surface area contributed by atoms with Gasteiger partial charge in [0.2, 0.25) is 0 Å². The van der Waals surface area contributed by atoms with Gasteiger partial charge in [-0.1, -0.05) is 0 Å². The van der Waals surface area contributed by atoms with Crippen molar-refractivity contribution in [3.63, 3.8) is 0 Å². The first kappa shape index (κ1) is 12.0. The Bertz CT molecular complexity index is 666. The Balaban J connectivity index is 2.39. The third kappa shape index (κ3) is 2.30. The maximum absolute atomic E-state index is 11.8. The van der Waals surface area contributed by atoms with Crippen LogP contribution in [0.2, 0.25) is 0 Å². The van der Waals surface area contributed by atoms with Crippen LogP contribution >= 0.6 is 0 Å². The molecule has 0 bridgehead atoms. The lowest BCUT2D eigenvalue weighted by molar-refractivity contribution is 0.0692. The summed E-state index contributed by atoms with van der Waals surface area (Å²) < 4.78 is 25.8. The van der Waals surface area contributed by atoms with E-state index < -0.39 is 16.0 Å². The van der Waals surface area contributed by atoms with Crippen molar-refractivity contribution in [3.05, 3.63) is 36.4 Å². The Labute approximate surface area is 102 Å². The Morgan fingerprint density at radius 3 is 2.83 bits per heavy atom. The number of aromatic amines is 1. The number of aromatic nitrogens is 3. The van der Waals surface area contributed by atoms with Gasteiger partial charge in [-0.05, 0) is 12.1 Å². The molecule has 3 N–H and O–H groups in total. The summed E-state index contributed by atoms with van der Waals surface area (Å²) in [4.78, 5) is 14.4. The van der Waals surface area contributed by atoms with Crippen LogP contribution < -0.4 is 4.72 Å². The van der Waals surface area contributed by atoms with E-state index >= 15 is 0 Å². The summed E-state index contributed by atoms with van der Waals surface area (Å²) in [5.74, 6) is -1.32. The smallest absolute Gasteiger partial charge is 0.356 e. The highest BCUT2D eigenvalue weighted by Gasteiger charge is 2.19. The van der Waals surface area contributed by atoms with Crippen LogP contribution in [0.15, 0.2) is 35.6 Å². The molecule has 18 heavy (non-hydrogen) atoms. The van der Waals surface area contributed by atoms with Crippen LogP contribution in [-0.2, 0) is 10.0 Å². The lowest BCUT2D eigenvalue weighted by Crippen LogP contribution is -2.15. The third-order valence-electron chi connectivity index (χ3n) is 2.04. The molecule has 0 aliphatic carbocycles. The minimum absolute atomic E-state index is 0.0947. The molecule has 0 aliphatic rings. The highest BCUT2D eigenvalue weighted by Crippen LogP contribution is 2.17. The minimum Gasteiger partial charge on any atom is -0.476 e. The lowest BCUT2D eigenvalue weighted by Gasteiger charge is -2.07. The molecule has 0 aromatic carbocycles. The van der Waals surface area contributed by atoms with Crippen LogP contribution in [0, 0.1) is 0 Å². The quantitative estimate of drug-likeness (QED) is 0.732. The van der Waals surface area contributed by atoms with Crippen LogP contribution in [0.25, 0.3) is 0 Å². The predicted molar refractivity (Wildman–Crippen MR) is 60.6 cm³/mol. The van der Waals surface area contributed by atoms with Gasteiger partial charge in [-0.3, -0.25) is 9.82 Å². The Kier molecular flexibility index (Phi) is 2.98. The molecule has 2 aromatic rings. The minimum atomic E-state index is -3.87. The molecule has 2 rings (SSSR count). The molecule has 0 saturated heterocycles. The fraction of sp³-hybridized carbons (Fsp3) is 0. The highest BCUT2D eigenvalue weighted by molar-refractivity contribution is 7.92. The maximum Gasteiger partial charge on any atom is 0.356 e. The van der Waals surface area contributed by atoms with Crippen LogP contribution in [0.1, 0.15) is 10.5 Å². The number of nitrogens with zero attached hydrogens (tertiary/aromatic N) is 2. The van der Waals surface area contributed by atoms with Gasteiger partial charge in [0.25, 0.3) is 10.0 Å². The number of hydrogen-bond donors (Lipinski definition) is 3. The molecule has 0 fully saturated rings. The van der Waals surface area contributed by atoms with Crippen molar-refractivity contribution in [2.75, 3.05) is 4.72 Å². The Hall–Kier alpha value is -2.42. The lowest BCUT2D eigenvalue weighted by atomic mass is 10.3. The largest absolute Gasteiger partial charge is 0.476 e. The Morgan fingerprint density at radius 1 is 1.44 bits per heavy atom. The van der Waals surface area contributed by atoms with E-state index in [4.69, 9.17) is 5.11 Å². The molecule has 0 unspecified atom stereocenters. The molecular formula is C9H8N4O4S. The molecule has 0 saturated carbocycles. The fourth-order valence-electron chi connectivity index (χ4n) is 1.25. The molecular weight excluding hydrogens is 260 g/mol. The van der Waals surface area contributed by atoms with Gasteiger partial charge in [0, 0.05) is 12.4 Å². The van der Waals surface area contributed by atoms with E-state index in [0.717, 1.165) is 6.20 Å². The van der Waals surface area contributed by atoms with Crippen LogP contribution in [-0.4, -0.2) is 34.7 Å². The summed E-state index contributed by atoms with van der Waals surface area (Å²) in [5.41, 5.74) is -0.476. The molecule has 2 heterocycles. The summed E-state index contributed by atoms with van der Waals surface area (Å²) in [6.45, 7) is 0. The van der Waals surface area contributed by atoms with Gasteiger partial charge in [-0.25, -0.2) is 18.2 Å². The molecule has 94 valence electrons. The van der Waals surface area contributed by atoms with E-state index in [2.05, 4.69) is 19.9 Å². The first-order chi connectivity index (χ1) is 8.50. The van der Waals surface area contributed by atoms with Gasteiger partial charge in [-0.2, -0.15) is 5.10 Å². The van der Waals surface area contributed by atoms with E-state index in [1.807, 2.05) is 0 Å². The molecule has 0 atom stereocenters. The van der Waals surface area contributed by atoms with Gasteiger partial charge in [0.1, 0.15) is 4.90 Å². The second-order valence-corrected chi connectivity index (χ2v) is 4.93. The summed E-state index contributed by atoms with van der Waals surface area (Å²) in [7, 11) is -3.87. The zero-order valence-corrected chi connectivity index (χ0v) is 9.68. The summed E-state index contributed by atoms with van der Waals surface area (Å²) in [5, 5.41) is 14.7. The third-order valence-corrected chi connectivity index (χ3v) is 3.37. The fourth-order valence-corrected chi connectivity index (χ4v) is 2.22. The maximum atomic E-state index is 11.8. The van der Waals surface area contributed by atoms with E-state index in [1.54, 1.807) is 0 Å². The standard InChI is InChI=1S/C9H8N4O4S/c14-9(15)8-7(2-1-3-10-8)13-18(16,17)6-4-11-12-5-6/h1-5,13H,(H,11,12)(H,14,15). The van der Waals surface area contributed by atoms with Crippen LogP contribution in [0.5, 0.6) is 0 Å². The van der Waals surface area contributed by atoms with Gasteiger partial charge in [0.05, 0.1) is 11.9 Å². The second kappa shape index (κ2) is 4.45. The van der Waals surface area contributed by atoms with E-state index in [1.165, 1.54) is 24.5 Å². The van der Waals surface area contributed by atoms with Gasteiger partial charge < -0.3 is 5.11 Å². The zero-order chi connectivity index (χ0) is 13.2. The number of carbonyl (C=O) groups is 1. The van der Waals surface area contributed by atoms with Crippen LogP contribution in [0.4, 0.5) is 5.69 Å². The van der Waals surface area contributed by atoms with E-state index in [-0.39, 0.29) is 16.3 Å². The molecule has 0 spiro atoms. The van der Waals surface area contributed by atoms with Crippen molar-refractivity contribution in [1.82, 2.24) is 15.2 Å². The second-order valence-electron chi connectivity index (χ2n) is 3.24. The highest BCUT2D eigenvalue weighted by atomic mass is 32.2. The number of pyridine rings is 1. The number of carboxylic acids is 1. The van der Waals surface area contributed by atoms with Gasteiger partial charge >= 0.3 is 5.97 Å². The van der Waals surface area contributed by atoms with Crippen LogP contribution in [0.3, 0.4) is 0 Å². The normalized spacial score (nSPS) is 11.1. The monoisotopic (exact) mass is 268 g/mol. The van der Waals surface area contributed by atoms with Gasteiger partial charge in [0.15, 0.2) is 5.69 Å². The summed E-state index contributed by atoms with van der Waals surface area (Å²) in [6, 6.07) is 2.74. The summed E-state index contributed by atoms with van der Waals surface area (Å²) >= 11 is 0. The SMILES string of the molecule is O=C(O)c1ncccc1NS(=O)(=O)c1cn[nH]c1. The average Bonchev–Trinajstić information content (AvgIpc) is 2.83. The number of aromatic carboxylic acids is 1. The van der Waals surface area contributed by atoms with Crippen molar-refractivity contribution in [2.24, 2.45) is 0 Å². The number of H-pyrrole nitrogens is 1. The Morgan fingerprint density at radius 2 is 2.22 bits per heavy atom. The number of anilines is 1. The number of rotatable bonds is 4. The van der Waals surface area contributed by atoms with Crippen molar-refractivity contribution in [2.45, 2.75) is 4.90 Å². The molecule has 8 nitrogen and oxygen atoms in total. The van der Waals surface area contributed by atoms with Crippen molar-refractivity contribution >= 4 is 21.7 Å². The number of carboxylic acid groups (broad SMARTS) is 1. The zero-order valence-electron chi connectivity index (χ0n) is 8.86. The number of sulfonamides is 1. The predicted octanol–water partition coefficient (Wildman–Crippen LogP) is 0.304. The molecule has 0 amide bonds. The molecule has 2 aromatic heterocycles. The first-order valence-electron chi connectivity index (χ1n) is 4.70. The molecule has 0 aliphatic heterocycles. The van der Waals surface area contributed by atoms with Gasteiger partial charge in [-0.15, -0.1) is 0 Å². The average molecular weight is 268 g/mol. The molecule has 0 radical (unpaired) electrons. The number of hydrogen-bond acceptors (Lipinski definition) is 5. The molecule has 9 heteroatoms. The van der Waals surface area contributed by atoms with E-state index in [9.17, 15) is 13.2 Å². The topological polar surface area (TPSA) is 125 Å². The van der Waals surface area contributed by atoms with Crippen molar-refractivity contribution in [1.29, 1.82) is 0 Å². The number of nitrogens with one attached hydrogen (secondary N) is 2. The van der Waals surface area contributed by atoms with Crippen molar-refractivity contribution in [3.8, 4) is 0 Å². The van der Waals surface area contributed by atoms with Crippen molar-refractivity contribution < 1.29 is 18.3 Å². The first-order valence-corrected chi connectivity index (χ1v) is 6.19.